The van der Waals surface area contributed by atoms with Gasteiger partial charge >= 0.3 is 0 Å². The molecule has 2 heteroatoms. The van der Waals surface area contributed by atoms with Crippen molar-refractivity contribution in [3.8, 4) is 0 Å². The van der Waals surface area contributed by atoms with E-state index in [4.69, 9.17) is 10.8 Å². The van der Waals surface area contributed by atoms with Crippen LogP contribution in [0.4, 0.5) is 0 Å². The average molecular weight is 120 g/mol. The summed E-state index contributed by atoms with van der Waals surface area (Å²) in [4.78, 5) is 0. The summed E-state index contributed by atoms with van der Waals surface area (Å²) < 4.78 is 0. The fourth-order valence-corrected chi connectivity index (χ4v) is 0.769. The van der Waals surface area contributed by atoms with Crippen LogP contribution < -0.4 is 0 Å². The predicted molar refractivity (Wildman–Crippen MR) is 38.4 cm³/mol. The Morgan fingerprint density at radius 1 is 1.33 bits per heavy atom. The van der Waals surface area contributed by atoms with Gasteiger partial charge in [0.05, 0.1) is 0 Å². The summed E-state index contributed by atoms with van der Waals surface area (Å²) in [5.41, 5.74) is 1.89. The highest BCUT2D eigenvalue weighted by atomic mass is 14.4. The number of hydrogen-bond acceptors (Lipinski definition) is 2. The monoisotopic (exact) mass is 120 g/mol. The minimum absolute atomic E-state index is 0.814. The molecule has 0 radical (unpaired) electrons. The molecule has 0 bridgehead atoms. The van der Waals surface area contributed by atoms with Gasteiger partial charge in [0, 0.05) is 12.4 Å². The first kappa shape index (κ1) is 5.95. The van der Waals surface area contributed by atoms with E-state index in [1.165, 1.54) is 12.4 Å². The third-order valence-electron chi connectivity index (χ3n) is 1.28. The predicted octanol–water partition coefficient (Wildman–Crippen LogP) is 1.54. The van der Waals surface area contributed by atoms with E-state index in [9.17, 15) is 0 Å². The summed E-state index contributed by atoms with van der Waals surface area (Å²) in [7, 11) is 0. The normalized spacial score (nSPS) is 16.4. The zero-order valence-electron chi connectivity index (χ0n) is 5.02. The lowest BCUT2D eigenvalue weighted by atomic mass is 10.3. The molecule has 1 aliphatic carbocycles. The van der Waals surface area contributed by atoms with Crippen molar-refractivity contribution in [3.05, 3.63) is 23.3 Å². The molecule has 0 unspecified atom stereocenters. The van der Waals surface area contributed by atoms with Crippen LogP contribution in [0.15, 0.2) is 23.3 Å². The molecule has 9 heavy (non-hydrogen) atoms. The van der Waals surface area contributed by atoms with Crippen LogP contribution in [0.3, 0.4) is 0 Å². The first-order valence-corrected chi connectivity index (χ1v) is 2.78. The largest absolute Gasteiger partial charge is 0.308 e. The van der Waals surface area contributed by atoms with Crippen LogP contribution in [0.1, 0.15) is 6.42 Å². The van der Waals surface area contributed by atoms with Gasteiger partial charge in [0.1, 0.15) is 0 Å². The Balaban J connectivity index is 2.73. The van der Waals surface area contributed by atoms with Gasteiger partial charge in [0.2, 0.25) is 0 Å². The van der Waals surface area contributed by atoms with E-state index in [-0.39, 0.29) is 0 Å². The first-order chi connectivity index (χ1) is 4.36. The molecule has 0 heterocycles. The Morgan fingerprint density at radius 2 is 2.11 bits per heavy atom. The molecule has 2 N–H and O–H groups in total. The highest BCUT2D eigenvalue weighted by molar-refractivity contribution is 5.88. The first-order valence-electron chi connectivity index (χ1n) is 2.78. The molecule has 46 valence electrons. The third kappa shape index (κ3) is 1.13. The second kappa shape index (κ2) is 2.40. The van der Waals surface area contributed by atoms with E-state index in [2.05, 4.69) is 0 Å². The summed E-state index contributed by atoms with van der Waals surface area (Å²) in [5.74, 6) is 0. The molecular formula is C7H8N2. The van der Waals surface area contributed by atoms with Crippen molar-refractivity contribution in [1.29, 1.82) is 10.8 Å². The van der Waals surface area contributed by atoms with E-state index in [1.54, 1.807) is 0 Å². The van der Waals surface area contributed by atoms with Crippen molar-refractivity contribution in [2.75, 3.05) is 0 Å². The fourth-order valence-electron chi connectivity index (χ4n) is 0.769. The van der Waals surface area contributed by atoms with E-state index >= 15 is 0 Å². The van der Waals surface area contributed by atoms with Crippen LogP contribution in [0.5, 0.6) is 0 Å². The Kier molecular flexibility index (Phi) is 1.58. The van der Waals surface area contributed by atoms with Gasteiger partial charge in [0.25, 0.3) is 0 Å². The van der Waals surface area contributed by atoms with Gasteiger partial charge in [-0.15, -0.1) is 0 Å². The highest BCUT2D eigenvalue weighted by Crippen LogP contribution is 2.12. The van der Waals surface area contributed by atoms with E-state index in [0.717, 1.165) is 17.6 Å². The highest BCUT2D eigenvalue weighted by Gasteiger charge is 1.99. The number of nitrogens with one attached hydrogen (secondary N) is 2. The van der Waals surface area contributed by atoms with Crippen molar-refractivity contribution >= 4 is 12.4 Å². The number of hydrogen-bond donors (Lipinski definition) is 2. The second-order valence-corrected chi connectivity index (χ2v) is 1.92. The molecule has 2 nitrogen and oxygen atoms in total. The van der Waals surface area contributed by atoms with Crippen LogP contribution in [-0.4, -0.2) is 12.4 Å². The van der Waals surface area contributed by atoms with Gasteiger partial charge in [0.15, 0.2) is 0 Å². The molecule has 0 fully saturated rings. The average Bonchev–Trinajstić information content (AvgIpc) is 2.34. The number of rotatable bonds is 2. The molecule has 1 rings (SSSR count). The molecule has 0 atom stereocenters. The van der Waals surface area contributed by atoms with Crippen molar-refractivity contribution in [2.45, 2.75) is 6.42 Å². The van der Waals surface area contributed by atoms with E-state index in [0.29, 0.717) is 0 Å². The minimum Gasteiger partial charge on any atom is -0.308 e. The van der Waals surface area contributed by atoms with Gasteiger partial charge in [-0.05, 0) is 23.6 Å². The molecule has 0 saturated heterocycles. The minimum atomic E-state index is 0.814. The van der Waals surface area contributed by atoms with Gasteiger partial charge in [-0.3, -0.25) is 0 Å². The van der Waals surface area contributed by atoms with Gasteiger partial charge < -0.3 is 10.8 Å². The molecule has 0 aliphatic heterocycles. The van der Waals surface area contributed by atoms with Crippen LogP contribution in [0.25, 0.3) is 0 Å². The maximum absolute atomic E-state index is 6.86. The Morgan fingerprint density at radius 3 is 2.44 bits per heavy atom. The zero-order valence-corrected chi connectivity index (χ0v) is 5.02. The molecule has 0 aromatic carbocycles. The molecule has 0 amide bonds. The molecule has 1 aliphatic rings. The maximum atomic E-state index is 6.86. The molecule has 0 saturated carbocycles. The summed E-state index contributed by atoms with van der Waals surface area (Å²) in [6.45, 7) is 0. The lowest BCUT2D eigenvalue weighted by Crippen LogP contribution is -1.74. The quantitative estimate of drug-likeness (QED) is 0.519. The van der Waals surface area contributed by atoms with Crippen molar-refractivity contribution in [2.24, 2.45) is 0 Å². The standard InChI is InChI=1S/C7H8N2/c8-4-6-1-2-7(3-6)5-9/h1,3-5,8-9H,2H2. The third-order valence-corrected chi connectivity index (χ3v) is 1.28. The Labute approximate surface area is 53.9 Å². The van der Waals surface area contributed by atoms with Crippen LogP contribution in [-0.2, 0) is 0 Å². The van der Waals surface area contributed by atoms with Crippen LogP contribution in [0, 0.1) is 10.8 Å². The van der Waals surface area contributed by atoms with Crippen molar-refractivity contribution in [1.82, 2.24) is 0 Å². The second-order valence-electron chi connectivity index (χ2n) is 1.92. The van der Waals surface area contributed by atoms with Gasteiger partial charge in [-0.1, -0.05) is 6.08 Å². The van der Waals surface area contributed by atoms with Crippen molar-refractivity contribution in [3.63, 3.8) is 0 Å². The Hall–Kier alpha value is -1.18. The van der Waals surface area contributed by atoms with Crippen molar-refractivity contribution < 1.29 is 0 Å². The topological polar surface area (TPSA) is 47.7 Å². The van der Waals surface area contributed by atoms with Gasteiger partial charge in [-0.2, -0.15) is 0 Å². The zero-order chi connectivity index (χ0) is 6.69. The van der Waals surface area contributed by atoms with Crippen LogP contribution >= 0.6 is 0 Å². The van der Waals surface area contributed by atoms with Crippen LogP contribution in [0.2, 0.25) is 0 Å². The SMILES string of the molecule is N=CC1=CCC(C=N)=C1. The number of allylic oxidation sites excluding steroid dienone is 4. The summed E-state index contributed by atoms with van der Waals surface area (Å²) in [6.07, 6.45) is 7.23. The molecular weight excluding hydrogens is 112 g/mol. The molecule has 0 aromatic rings. The van der Waals surface area contributed by atoms with Gasteiger partial charge in [-0.25, -0.2) is 0 Å². The summed E-state index contributed by atoms with van der Waals surface area (Å²) in [5, 5.41) is 13.7. The smallest absolute Gasteiger partial charge is 0.0247 e. The lowest BCUT2D eigenvalue weighted by Gasteiger charge is -1.81. The van der Waals surface area contributed by atoms with E-state index < -0.39 is 0 Å². The lowest BCUT2D eigenvalue weighted by molar-refractivity contribution is 1.36. The van der Waals surface area contributed by atoms with E-state index in [1.807, 2.05) is 12.2 Å². The fraction of sp³-hybridized carbons (Fsp3) is 0.143. The molecule has 0 aromatic heterocycles. The maximum Gasteiger partial charge on any atom is 0.0247 e. The summed E-state index contributed by atoms with van der Waals surface area (Å²) >= 11 is 0. The summed E-state index contributed by atoms with van der Waals surface area (Å²) in [6, 6.07) is 0. The Bertz CT molecular complexity index is 199. The molecule has 0 spiro atoms.